The van der Waals surface area contributed by atoms with E-state index in [-0.39, 0.29) is 0 Å². The second-order valence-corrected chi connectivity index (χ2v) is 11.6. The van der Waals surface area contributed by atoms with Crippen LogP contribution in [0.1, 0.15) is 48.5 Å². The van der Waals surface area contributed by atoms with Crippen molar-refractivity contribution >= 4 is 80.3 Å². The number of halogens is 1. The van der Waals surface area contributed by atoms with E-state index in [9.17, 15) is 33.6 Å². The number of amides is 1. The molecule has 0 saturated carbocycles. The van der Waals surface area contributed by atoms with Gasteiger partial charge in [0, 0.05) is 19.3 Å². The van der Waals surface area contributed by atoms with Crippen LogP contribution in [0.5, 0.6) is 0 Å². The van der Waals surface area contributed by atoms with Crippen molar-refractivity contribution in [2.45, 2.75) is 85.1 Å². The number of fused-ring (bicyclic) bond motifs is 1. The zero-order chi connectivity index (χ0) is 37.3. The van der Waals surface area contributed by atoms with Crippen LogP contribution in [-0.4, -0.2) is 107 Å². The van der Waals surface area contributed by atoms with E-state index in [2.05, 4.69) is 40.9 Å². The van der Waals surface area contributed by atoms with Crippen LogP contribution in [0, 0.1) is 0 Å². The van der Waals surface area contributed by atoms with Crippen LogP contribution in [0.4, 0.5) is 5.69 Å². The normalized spacial score (nSPS) is 15.8. The smallest absolute Gasteiger partial charge is 0.358 e. The van der Waals surface area contributed by atoms with Crippen molar-refractivity contribution in [2.75, 3.05) is 18.0 Å². The molecule has 1 aromatic heterocycles. The minimum absolute atomic E-state index is 0.348. The minimum atomic E-state index is -1.56. The van der Waals surface area contributed by atoms with Gasteiger partial charge >= 0.3 is 47.7 Å². The van der Waals surface area contributed by atoms with E-state index in [1.54, 1.807) is 12.1 Å². The van der Waals surface area contributed by atoms with Crippen molar-refractivity contribution in [1.82, 2.24) is 15.3 Å². The van der Waals surface area contributed by atoms with Crippen molar-refractivity contribution in [3.8, 4) is 0 Å². The first-order valence-electron chi connectivity index (χ1n) is 15.3. The molecule has 1 amide bonds. The summed E-state index contributed by atoms with van der Waals surface area (Å²) < 4.78 is 30.4. The van der Waals surface area contributed by atoms with E-state index >= 15 is 0 Å². The molecule has 0 fully saturated rings. The Balaban J connectivity index is 1.55. The standard InChI is InChI=1S/C31H36BrN5O13/c1-14(25(39)37(31-35-12-13-36-31)22-9-8-21-24(23(22)32)34-11-10-33-21)46-27(41)16(3)48-29(43)18(5)50-30(44)19(6)49-28(42)17(4)47-26(40)15(2)45-20(7)38/h8-11,14-19H,12-13H2,1-7H3,(H,35,36)/p+1/t14-,15-,16-,17-,18-,19-/m0/s1. The number of carbonyl (C=O) groups excluding carboxylic acids is 7. The molecule has 1 aromatic carbocycles. The molecule has 0 aliphatic carbocycles. The van der Waals surface area contributed by atoms with E-state index in [4.69, 9.17) is 23.7 Å². The van der Waals surface area contributed by atoms with E-state index in [1.165, 1.54) is 45.0 Å². The highest BCUT2D eigenvalue weighted by molar-refractivity contribution is 9.10. The first kappa shape index (κ1) is 39.2. The van der Waals surface area contributed by atoms with E-state index in [0.29, 0.717) is 40.2 Å². The van der Waals surface area contributed by atoms with Gasteiger partial charge in [-0.1, -0.05) is 0 Å². The van der Waals surface area contributed by atoms with Gasteiger partial charge in [0.05, 0.1) is 23.1 Å². The van der Waals surface area contributed by atoms with Crippen LogP contribution in [0.3, 0.4) is 0 Å². The predicted molar refractivity (Wildman–Crippen MR) is 173 cm³/mol. The van der Waals surface area contributed by atoms with Gasteiger partial charge in [-0.3, -0.25) is 29.9 Å². The maximum Gasteiger partial charge on any atom is 0.358 e. The molecule has 0 unspecified atom stereocenters. The van der Waals surface area contributed by atoms with Crippen molar-refractivity contribution in [1.29, 1.82) is 0 Å². The lowest BCUT2D eigenvalue weighted by Gasteiger charge is -2.22. The number of benzene rings is 1. The molecule has 1 aliphatic rings. The Kier molecular flexibility index (Phi) is 13.7. The van der Waals surface area contributed by atoms with Gasteiger partial charge in [-0.15, -0.1) is 0 Å². The molecular weight excluding hydrogens is 730 g/mol. The van der Waals surface area contributed by atoms with Gasteiger partial charge in [-0.25, -0.2) is 24.0 Å². The highest BCUT2D eigenvalue weighted by Crippen LogP contribution is 2.32. The molecular formula is C31H37BrN5O13+. The number of nitrogens with zero attached hydrogens (tertiary/aromatic N) is 3. The summed E-state index contributed by atoms with van der Waals surface area (Å²) in [6, 6.07) is 3.34. The number of ether oxygens (including phenoxy) is 6. The molecule has 0 bridgehead atoms. The van der Waals surface area contributed by atoms with Gasteiger partial charge in [0.1, 0.15) is 11.2 Å². The summed E-state index contributed by atoms with van der Waals surface area (Å²) in [6.07, 6.45) is -5.70. The molecule has 50 heavy (non-hydrogen) atoms. The van der Waals surface area contributed by atoms with E-state index in [0.717, 1.165) is 20.8 Å². The maximum atomic E-state index is 13.7. The third-order valence-electron chi connectivity index (χ3n) is 6.77. The molecule has 1 aliphatic heterocycles. The molecule has 0 radical (unpaired) electrons. The van der Waals surface area contributed by atoms with Crippen LogP contribution in [-0.2, 0) is 62.0 Å². The number of nitrogens with one attached hydrogen (secondary N) is 2. The zero-order valence-electron chi connectivity index (χ0n) is 28.2. The first-order chi connectivity index (χ1) is 23.5. The van der Waals surface area contributed by atoms with Crippen molar-refractivity contribution in [2.24, 2.45) is 0 Å². The van der Waals surface area contributed by atoms with Crippen molar-refractivity contribution in [3.63, 3.8) is 0 Å². The van der Waals surface area contributed by atoms with Crippen LogP contribution in [0.2, 0.25) is 0 Å². The van der Waals surface area contributed by atoms with Gasteiger partial charge in [0.15, 0.2) is 36.6 Å². The topological polar surface area (TPSA) is 230 Å². The Hall–Kier alpha value is -5.20. The van der Waals surface area contributed by atoms with Crippen LogP contribution < -0.4 is 15.2 Å². The van der Waals surface area contributed by atoms with Gasteiger partial charge in [0.2, 0.25) is 0 Å². The number of hydrogen-bond acceptors (Lipinski definition) is 16. The predicted octanol–water partition coefficient (Wildman–Crippen LogP) is -0.625. The van der Waals surface area contributed by atoms with Gasteiger partial charge in [-0.05, 0) is 69.6 Å². The maximum absolute atomic E-state index is 13.7. The Labute approximate surface area is 294 Å². The lowest BCUT2D eigenvalue weighted by atomic mass is 10.2. The summed E-state index contributed by atoms with van der Waals surface area (Å²) in [6.45, 7) is 9.41. The molecule has 2 N–H and O–H groups in total. The molecule has 3 rings (SSSR count). The molecule has 270 valence electrons. The number of esters is 6. The second kappa shape index (κ2) is 17.5. The highest BCUT2D eigenvalue weighted by Gasteiger charge is 2.39. The molecule has 2 aromatic rings. The van der Waals surface area contributed by atoms with E-state index in [1.807, 2.05) is 0 Å². The Morgan fingerprint density at radius 3 is 1.58 bits per heavy atom. The highest BCUT2D eigenvalue weighted by atomic mass is 79.9. The Bertz CT molecular complexity index is 1690. The third kappa shape index (κ3) is 10.2. The summed E-state index contributed by atoms with van der Waals surface area (Å²) >= 11 is 3.50. The number of rotatable bonds is 13. The lowest BCUT2D eigenvalue weighted by molar-refractivity contribution is -0.445. The van der Waals surface area contributed by atoms with Gasteiger partial charge < -0.3 is 28.4 Å². The number of guanidine groups is 1. The molecule has 19 heteroatoms. The molecule has 18 nitrogen and oxygen atoms in total. The fraction of sp³-hybridized carbons (Fsp3) is 0.484. The van der Waals surface area contributed by atoms with Crippen LogP contribution in [0.15, 0.2) is 29.0 Å². The summed E-state index contributed by atoms with van der Waals surface area (Å²) in [5.41, 5.74) is 1.47. The average Bonchev–Trinajstić information content (AvgIpc) is 3.59. The van der Waals surface area contributed by atoms with Crippen LogP contribution >= 0.6 is 15.9 Å². The second-order valence-electron chi connectivity index (χ2n) is 10.8. The van der Waals surface area contributed by atoms with Crippen molar-refractivity contribution in [3.05, 3.63) is 29.0 Å². The number of anilines is 1. The van der Waals surface area contributed by atoms with Gasteiger partial charge in [-0.2, -0.15) is 4.90 Å². The number of aromatic nitrogens is 2. The first-order valence-corrected chi connectivity index (χ1v) is 16.1. The Morgan fingerprint density at radius 2 is 1.14 bits per heavy atom. The SMILES string of the molecule is CC(=O)O[C@@H](C)C(=O)O[C@@H](C)C(=O)O[C@@H](C)C(=O)O[C@@H](C)C(=O)O[C@@H](C)C(=O)O[C@@H](C)C(=O)N(C1=[NH+]CCN1)c1ccc2nccnc2c1Br. The van der Waals surface area contributed by atoms with Crippen LogP contribution in [0.25, 0.3) is 11.0 Å². The van der Waals surface area contributed by atoms with Crippen molar-refractivity contribution < 1.29 is 67.0 Å². The fourth-order valence-corrected chi connectivity index (χ4v) is 4.78. The molecule has 2 heterocycles. The number of hydrogen-bond donors (Lipinski definition) is 2. The molecule has 0 saturated heterocycles. The largest absolute Gasteiger partial charge is 0.451 e. The minimum Gasteiger partial charge on any atom is -0.451 e. The molecule has 0 spiro atoms. The summed E-state index contributed by atoms with van der Waals surface area (Å²) in [5, 5.41) is 3.08. The third-order valence-corrected chi connectivity index (χ3v) is 7.55. The van der Waals surface area contributed by atoms with Gasteiger partial charge in [0.25, 0.3) is 0 Å². The average molecular weight is 768 g/mol. The summed E-state index contributed by atoms with van der Waals surface area (Å²) in [4.78, 5) is 99.8. The quantitative estimate of drug-likeness (QED) is 0.191. The Morgan fingerprint density at radius 1 is 0.700 bits per heavy atom. The zero-order valence-corrected chi connectivity index (χ0v) is 29.8. The molecule has 6 atom stereocenters. The summed E-state index contributed by atoms with van der Waals surface area (Å²) in [5.74, 6) is -6.52. The fourth-order valence-electron chi connectivity index (χ4n) is 4.17. The van der Waals surface area contributed by atoms with E-state index < -0.39 is 78.3 Å². The number of carbonyl (C=O) groups is 7. The summed E-state index contributed by atoms with van der Waals surface area (Å²) in [7, 11) is 0. The monoisotopic (exact) mass is 766 g/mol. The lowest BCUT2D eigenvalue weighted by Crippen LogP contribution is -2.75.